The number of hydrogen-bond donors (Lipinski definition) is 2. The van der Waals surface area contributed by atoms with Gasteiger partial charge in [0.05, 0.1) is 0 Å². The zero-order valence-electron chi connectivity index (χ0n) is 10.5. The van der Waals surface area contributed by atoms with Crippen LogP contribution in [0.15, 0.2) is 22.7 Å². The van der Waals surface area contributed by atoms with Crippen molar-refractivity contribution in [3.05, 3.63) is 28.2 Å². The Kier molecular flexibility index (Phi) is 5.92. The standard InChI is InChI=1S/C13H19BrN2S/c1-4-5-10(3)15-13(17)16-11-6-7-12(14)9(2)8-11/h6-8,10H,4-5H2,1-3H3,(H2,15,16,17)/t10-/m1/s1. The van der Waals surface area contributed by atoms with Crippen molar-refractivity contribution in [3.63, 3.8) is 0 Å². The zero-order valence-corrected chi connectivity index (χ0v) is 12.9. The zero-order chi connectivity index (χ0) is 12.8. The summed E-state index contributed by atoms with van der Waals surface area (Å²) >= 11 is 8.75. The molecule has 0 amide bonds. The lowest BCUT2D eigenvalue weighted by Crippen LogP contribution is -2.35. The van der Waals surface area contributed by atoms with Crippen LogP contribution in [0.5, 0.6) is 0 Å². The molecule has 0 aromatic heterocycles. The smallest absolute Gasteiger partial charge is 0.170 e. The van der Waals surface area contributed by atoms with Gasteiger partial charge in [-0.3, -0.25) is 0 Å². The lowest BCUT2D eigenvalue weighted by molar-refractivity contribution is 0.599. The second kappa shape index (κ2) is 6.97. The summed E-state index contributed by atoms with van der Waals surface area (Å²) in [6.45, 7) is 6.38. The summed E-state index contributed by atoms with van der Waals surface area (Å²) in [7, 11) is 0. The molecule has 2 N–H and O–H groups in total. The van der Waals surface area contributed by atoms with Crippen LogP contribution < -0.4 is 10.6 Å². The van der Waals surface area contributed by atoms with Crippen molar-refractivity contribution < 1.29 is 0 Å². The van der Waals surface area contributed by atoms with Gasteiger partial charge in [-0.25, -0.2) is 0 Å². The first-order valence-corrected chi connectivity index (χ1v) is 7.06. The van der Waals surface area contributed by atoms with Crippen molar-refractivity contribution >= 4 is 38.9 Å². The van der Waals surface area contributed by atoms with E-state index in [2.05, 4.69) is 53.4 Å². The van der Waals surface area contributed by atoms with Crippen molar-refractivity contribution in [1.29, 1.82) is 0 Å². The van der Waals surface area contributed by atoms with Crippen molar-refractivity contribution in [2.45, 2.75) is 39.7 Å². The first-order chi connectivity index (χ1) is 8.02. The molecule has 17 heavy (non-hydrogen) atoms. The Labute approximate surface area is 117 Å². The summed E-state index contributed by atoms with van der Waals surface area (Å²) in [4.78, 5) is 0. The van der Waals surface area contributed by atoms with Gasteiger partial charge in [-0.2, -0.15) is 0 Å². The third kappa shape index (κ3) is 5.04. The van der Waals surface area contributed by atoms with Crippen LogP contribution in [-0.2, 0) is 0 Å². The van der Waals surface area contributed by atoms with E-state index in [0.717, 1.165) is 23.0 Å². The van der Waals surface area contributed by atoms with Gasteiger partial charge >= 0.3 is 0 Å². The molecule has 0 heterocycles. The van der Waals surface area contributed by atoms with Crippen LogP contribution in [0.2, 0.25) is 0 Å². The summed E-state index contributed by atoms with van der Waals surface area (Å²) in [5.41, 5.74) is 2.21. The van der Waals surface area contributed by atoms with Gasteiger partial charge in [-0.05, 0) is 56.2 Å². The second-order valence-electron chi connectivity index (χ2n) is 4.25. The predicted molar refractivity (Wildman–Crippen MR) is 82.6 cm³/mol. The minimum atomic E-state index is 0.413. The van der Waals surface area contributed by atoms with E-state index in [4.69, 9.17) is 12.2 Å². The Morgan fingerprint density at radius 1 is 1.47 bits per heavy atom. The van der Waals surface area contributed by atoms with E-state index in [1.165, 1.54) is 5.56 Å². The van der Waals surface area contributed by atoms with Gasteiger partial charge in [0.2, 0.25) is 0 Å². The van der Waals surface area contributed by atoms with E-state index in [1.54, 1.807) is 0 Å². The highest BCUT2D eigenvalue weighted by molar-refractivity contribution is 9.10. The minimum Gasteiger partial charge on any atom is -0.360 e. The fraction of sp³-hybridized carbons (Fsp3) is 0.462. The summed E-state index contributed by atoms with van der Waals surface area (Å²) in [6, 6.07) is 6.52. The maximum Gasteiger partial charge on any atom is 0.170 e. The molecule has 0 radical (unpaired) electrons. The number of benzene rings is 1. The lowest BCUT2D eigenvalue weighted by atomic mass is 10.2. The molecule has 94 valence electrons. The van der Waals surface area contributed by atoms with Gasteiger partial charge in [0, 0.05) is 16.2 Å². The third-order valence-corrected chi connectivity index (χ3v) is 3.62. The fourth-order valence-electron chi connectivity index (χ4n) is 1.62. The van der Waals surface area contributed by atoms with Crippen molar-refractivity contribution in [2.75, 3.05) is 5.32 Å². The molecule has 0 fully saturated rings. The first kappa shape index (κ1) is 14.5. The van der Waals surface area contributed by atoms with Crippen molar-refractivity contribution in [2.24, 2.45) is 0 Å². The molecule has 4 heteroatoms. The van der Waals surface area contributed by atoms with E-state index < -0.39 is 0 Å². The fourth-order valence-corrected chi connectivity index (χ4v) is 2.18. The molecule has 0 aliphatic carbocycles. The molecular weight excluding hydrogens is 296 g/mol. The molecule has 0 aliphatic rings. The van der Waals surface area contributed by atoms with Crippen molar-refractivity contribution in [1.82, 2.24) is 5.32 Å². The maximum atomic E-state index is 5.27. The molecule has 0 saturated carbocycles. The van der Waals surface area contributed by atoms with Crippen LogP contribution in [0.25, 0.3) is 0 Å². The van der Waals surface area contributed by atoms with E-state index in [0.29, 0.717) is 11.2 Å². The highest BCUT2D eigenvalue weighted by Gasteiger charge is 2.04. The van der Waals surface area contributed by atoms with Crippen LogP contribution in [0.4, 0.5) is 5.69 Å². The number of nitrogens with one attached hydrogen (secondary N) is 2. The summed E-state index contributed by atoms with van der Waals surface area (Å²) in [5, 5.41) is 7.16. The molecule has 0 spiro atoms. The topological polar surface area (TPSA) is 24.1 Å². The largest absolute Gasteiger partial charge is 0.360 e. The average molecular weight is 315 g/mol. The normalized spacial score (nSPS) is 12.0. The molecule has 0 saturated heterocycles. The number of rotatable bonds is 4. The average Bonchev–Trinajstić information content (AvgIpc) is 2.23. The van der Waals surface area contributed by atoms with Gasteiger partial charge in [-0.15, -0.1) is 0 Å². The van der Waals surface area contributed by atoms with E-state index in [9.17, 15) is 0 Å². The minimum absolute atomic E-state index is 0.413. The quantitative estimate of drug-likeness (QED) is 0.813. The predicted octanol–water partition coefficient (Wildman–Crippen LogP) is 4.23. The van der Waals surface area contributed by atoms with Crippen LogP contribution in [-0.4, -0.2) is 11.2 Å². The van der Waals surface area contributed by atoms with Crippen LogP contribution >= 0.6 is 28.1 Å². The summed E-state index contributed by atoms with van der Waals surface area (Å²) in [5.74, 6) is 0. The number of anilines is 1. The molecule has 0 bridgehead atoms. The number of aryl methyl sites for hydroxylation is 1. The lowest BCUT2D eigenvalue weighted by Gasteiger charge is -2.16. The monoisotopic (exact) mass is 314 g/mol. The van der Waals surface area contributed by atoms with Crippen LogP contribution in [0.1, 0.15) is 32.3 Å². The van der Waals surface area contributed by atoms with Crippen molar-refractivity contribution in [3.8, 4) is 0 Å². The molecular formula is C13H19BrN2S. The SMILES string of the molecule is CCC[C@@H](C)NC(=S)Nc1ccc(Br)c(C)c1. The molecule has 1 atom stereocenters. The van der Waals surface area contributed by atoms with Crippen LogP contribution in [0.3, 0.4) is 0 Å². The van der Waals surface area contributed by atoms with E-state index >= 15 is 0 Å². The Balaban J connectivity index is 2.53. The van der Waals surface area contributed by atoms with Gasteiger partial charge in [0.25, 0.3) is 0 Å². The van der Waals surface area contributed by atoms with E-state index in [1.807, 2.05) is 12.1 Å². The highest BCUT2D eigenvalue weighted by Crippen LogP contribution is 2.19. The molecule has 1 rings (SSSR count). The van der Waals surface area contributed by atoms with Gasteiger partial charge in [0.1, 0.15) is 0 Å². The van der Waals surface area contributed by atoms with Crippen LogP contribution in [0, 0.1) is 6.92 Å². The molecule has 1 aromatic rings. The highest BCUT2D eigenvalue weighted by atomic mass is 79.9. The van der Waals surface area contributed by atoms with Gasteiger partial charge in [-0.1, -0.05) is 29.3 Å². The van der Waals surface area contributed by atoms with E-state index in [-0.39, 0.29) is 0 Å². The Bertz CT molecular complexity index is 393. The maximum absolute atomic E-state index is 5.27. The third-order valence-electron chi connectivity index (χ3n) is 2.51. The molecule has 0 unspecified atom stereocenters. The molecule has 1 aromatic carbocycles. The molecule has 2 nitrogen and oxygen atoms in total. The Morgan fingerprint density at radius 3 is 2.76 bits per heavy atom. The Morgan fingerprint density at radius 2 is 2.18 bits per heavy atom. The number of thiocarbonyl (C=S) groups is 1. The second-order valence-corrected chi connectivity index (χ2v) is 5.51. The van der Waals surface area contributed by atoms with Gasteiger partial charge < -0.3 is 10.6 Å². The summed E-state index contributed by atoms with van der Waals surface area (Å²) < 4.78 is 1.11. The molecule has 0 aliphatic heterocycles. The number of halogens is 1. The number of hydrogen-bond acceptors (Lipinski definition) is 1. The summed E-state index contributed by atoms with van der Waals surface area (Å²) in [6.07, 6.45) is 2.29. The first-order valence-electron chi connectivity index (χ1n) is 5.86. The van der Waals surface area contributed by atoms with Gasteiger partial charge in [0.15, 0.2) is 5.11 Å². The Hall–Kier alpha value is -0.610.